The van der Waals surface area contributed by atoms with E-state index in [1.807, 2.05) is 0 Å². The summed E-state index contributed by atoms with van der Waals surface area (Å²) in [7, 11) is 0. The van der Waals surface area contributed by atoms with E-state index < -0.39 is 0 Å². The Hall–Kier alpha value is -2.13. The fourth-order valence-corrected chi connectivity index (χ4v) is 4.57. The van der Waals surface area contributed by atoms with Crippen molar-refractivity contribution in [3.8, 4) is 0 Å². The number of benzene rings is 2. The lowest BCUT2D eigenvalue weighted by Gasteiger charge is -2.42. The summed E-state index contributed by atoms with van der Waals surface area (Å²) in [4.78, 5) is 11.0. The summed E-state index contributed by atoms with van der Waals surface area (Å²) in [5.41, 5.74) is 5.36. The van der Waals surface area contributed by atoms with Crippen LogP contribution in [0.2, 0.25) is 0 Å². The molecule has 3 nitrogen and oxygen atoms in total. The van der Waals surface area contributed by atoms with E-state index in [2.05, 4.69) is 58.4 Å². The molecule has 0 spiro atoms. The molecule has 1 saturated heterocycles. The van der Waals surface area contributed by atoms with E-state index in [-0.39, 0.29) is 0 Å². The molecule has 3 heterocycles. The van der Waals surface area contributed by atoms with Crippen molar-refractivity contribution >= 4 is 11.0 Å². The lowest BCUT2D eigenvalue weighted by Crippen LogP contribution is -2.46. The van der Waals surface area contributed by atoms with E-state index in [0.717, 1.165) is 29.3 Å². The largest absolute Gasteiger partial charge is 0.341 e. The number of hydrogen-bond acceptors (Lipinski definition) is 2. The fourth-order valence-electron chi connectivity index (χ4n) is 4.57. The van der Waals surface area contributed by atoms with Gasteiger partial charge in [0.15, 0.2) is 0 Å². The summed E-state index contributed by atoms with van der Waals surface area (Å²) in [6.07, 6.45) is 5.11. The Labute approximate surface area is 142 Å². The highest BCUT2D eigenvalue weighted by Crippen LogP contribution is 2.32. The van der Waals surface area contributed by atoms with Gasteiger partial charge in [-0.15, -0.1) is 0 Å². The van der Waals surface area contributed by atoms with Gasteiger partial charge in [0.25, 0.3) is 0 Å². The number of nitrogens with zero attached hydrogens (tertiary/aromatic N) is 2. The number of imidazole rings is 1. The molecule has 0 unspecified atom stereocenters. The Morgan fingerprint density at radius 1 is 0.958 bits per heavy atom. The van der Waals surface area contributed by atoms with Gasteiger partial charge in [0.05, 0.1) is 17.6 Å². The molecule has 6 rings (SSSR count). The van der Waals surface area contributed by atoms with Crippen molar-refractivity contribution in [1.29, 1.82) is 0 Å². The smallest absolute Gasteiger partial charge is 0.121 e. The van der Waals surface area contributed by atoms with E-state index in [1.54, 1.807) is 11.1 Å². The molecule has 3 aliphatic rings. The maximum absolute atomic E-state index is 4.79. The van der Waals surface area contributed by atoms with Crippen molar-refractivity contribution < 1.29 is 0 Å². The Balaban J connectivity index is 1.43. The number of piperidine rings is 1. The number of H-pyrrole nitrogens is 1. The minimum Gasteiger partial charge on any atom is -0.341 e. The standard InChI is InChI=1S/C21H23N3/c1-2-6-17-12-18-10-9-15(11-16(17)5-1)13-24(18)14-21-22-19-7-3-4-8-20(19)23-21/h1-8,15,18H,9-14H2,(H,22,23)/t15-,18+/m1/s1. The van der Waals surface area contributed by atoms with Crippen LogP contribution in [0.5, 0.6) is 0 Å². The molecule has 2 bridgehead atoms. The molecule has 0 saturated carbocycles. The highest BCUT2D eigenvalue weighted by atomic mass is 15.2. The molecule has 2 aliphatic heterocycles. The Morgan fingerprint density at radius 3 is 2.62 bits per heavy atom. The molecule has 1 aromatic heterocycles. The zero-order valence-electron chi connectivity index (χ0n) is 13.9. The van der Waals surface area contributed by atoms with E-state index in [9.17, 15) is 0 Å². The normalized spacial score (nSPS) is 23.8. The molecule has 0 radical (unpaired) electrons. The molecule has 1 fully saturated rings. The number of aromatic amines is 1. The summed E-state index contributed by atoms with van der Waals surface area (Å²) in [5.74, 6) is 1.89. The maximum atomic E-state index is 4.79. The van der Waals surface area contributed by atoms with Crippen LogP contribution in [-0.2, 0) is 19.4 Å². The molecular formula is C21H23N3. The van der Waals surface area contributed by atoms with Gasteiger partial charge in [0.2, 0.25) is 0 Å². The van der Waals surface area contributed by atoms with Crippen molar-refractivity contribution in [2.75, 3.05) is 6.54 Å². The first-order valence-electron chi connectivity index (χ1n) is 9.09. The molecular weight excluding hydrogens is 294 g/mol. The monoisotopic (exact) mass is 317 g/mol. The first-order valence-corrected chi connectivity index (χ1v) is 9.09. The number of rotatable bonds is 2. The predicted molar refractivity (Wildman–Crippen MR) is 96.9 cm³/mol. The van der Waals surface area contributed by atoms with E-state index in [1.165, 1.54) is 32.2 Å². The van der Waals surface area contributed by atoms with Gasteiger partial charge in [-0.2, -0.15) is 0 Å². The third kappa shape index (κ3) is 2.53. The van der Waals surface area contributed by atoms with Gasteiger partial charge >= 0.3 is 0 Å². The third-order valence-corrected chi connectivity index (χ3v) is 5.79. The first kappa shape index (κ1) is 14.2. The van der Waals surface area contributed by atoms with Crippen molar-refractivity contribution in [1.82, 2.24) is 14.9 Å². The van der Waals surface area contributed by atoms with Crippen LogP contribution in [0.15, 0.2) is 48.5 Å². The summed E-state index contributed by atoms with van der Waals surface area (Å²) in [6.45, 7) is 2.15. The number of para-hydroxylation sites is 2. The topological polar surface area (TPSA) is 31.9 Å². The lowest BCUT2D eigenvalue weighted by atomic mass is 9.80. The van der Waals surface area contributed by atoms with Crippen LogP contribution in [0.1, 0.15) is 29.8 Å². The van der Waals surface area contributed by atoms with Crippen molar-refractivity contribution in [2.45, 2.75) is 38.3 Å². The SMILES string of the molecule is c1ccc2c(c1)C[C@H]1CC[C@@H](C2)N(Cc2nc3ccccc3[nH]2)C1. The van der Waals surface area contributed by atoms with Gasteiger partial charge < -0.3 is 4.98 Å². The van der Waals surface area contributed by atoms with Gasteiger partial charge in [0.1, 0.15) is 5.82 Å². The first-order chi connectivity index (χ1) is 11.8. The molecule has 3 aromatic rings. The van der Waals surface area contributed by atoms with Crippen LogP contribution in [0.4, 0.5) is 0 Å². The predicted octanol–water partition coefficient (Wildman–Crippen LogP) is 3.94. The quantitative estimate of drug-likeness (QED) is 0.776. The average molecular weight is 317 g/mol. The molecule has 24 heavy (non-hydrogen) atoms. The van der Waals surface area contributed by atoms with Gasteiger partial charge in [-0.1, -0.05) is 36.4 Å². The van der Waals surface area contributed by atoms with E-state index in [0.29, 0.717) is 6.04 Å². The molecule has 2 aromatic carbocycles. The zero-order chi connectivity index (χ0) is 15.9. The summed E-state index contributed by atoms with van der Waals surface area (Å²) >= 11 is 0. The van der Waals surface area contributed by atoms with Gasteiger partial charge in [-0.05, 0) is 54.9 Å². The average Bonchev–Trinajstić information content (AvgIpc) is 2.98. The minimum atomic E-state index is 0.649. The molecule has 1 N–H and O–H groups in total. The number of nitrogens with one attached hydrogen (secondary N) is 1. The summed E-state index contributed by atoms with van der Waals surface area (Å²) in [5, 5.41) is 0. The second-order valence-electron chi connectivity index (χ2n) is 7.40. The maximum Gasteiger partial charge on any atom is 0.121 e. The molecule has 122 valence electrons. The van der Waals surface area contributed by atoms with Crippen LogP contribution >= 0.6 is 0 Å². The van der Waals surface area contributed by atoms with E-state index >= 15 is 0 Å². The lowest BCUT2D eigenvalue weighted by molar-refractivity contribution is 0.0915. The van der Waals surface area contributed by atoms with Crippen molar-refractivity contribution in [3.05, 3.63) is 65.5 Å². The fraction of sp³-hybridized carbons (Fsp3) is 0.381. The van der Waals surface area contributed by atoms with Crippen LogP contribution in [-0.4, -0.2) is 27.5 Å². The Bertz CT molecular complexity index is 833. The Kier molecular flexibility index (Phi) is 3.41. The summed E-state index contributed by atoms with van der Waals surface area (Å²) < 4.78 is 0. The molecule has 2 atom stereocenters. The highest BCUT2D eigenvalue weighted by molar-refractivity contribution is 5.74. The number of fused-ring (bicyclic) bond motifs is 3. The minimum absolute atomic E-state index is 0.649. The van der Waals surface area contributed by atoms with Gasteiger partial charge in [-0.3, -0.25) is 4.90 Å². The van der Waals surface area contributed by atoms with Crippen LogP contribution in [0.3, 0.4) is 0 Å². The van der Waals surface area contributed by atoms with Crippen LogP contribution in [0.25, 0.3) is 11.0 Å². The van der Waals surface area contributed by atoms with Crippen LogP contribution < -0.4 is 0 Å². The third-order valence-electron chi connectivity index (χ3n) is 5.79. The molecule has 0 amide bonds. The second kappa shape index (κ2) is 5.75. The zero-order valence-corrected chi connectivity index (χ0v) is 13.9. The van der Waals surface area contributed by atoms with Crippen molar-refractivity contribution in [3.63, 3.8) is 0 Å². The van der Waals surface area contributed by atoms with Gasteiger partial charge in [0, 0.05) is 12.6 Å². The van der Waals surface area contributed by atoms with Crippen LogP contribution in [0, 0.1) is 5.92 Å². The molecule has 3 heteroatoms. The van der Waals surface area contributed by atoms with Crippen molar-refractivity contribution in [2.24, 2.45) is 5.92 Å². The number of hydrogen-bond donors (Lipinski definition) is 1. The van der Waals surface area contributed by atoms with Gasteiger partial charge in [-0.25, -0.2) is 4.98 Å². The summed E-state index contributed by atoms with van der Waals surface area (Å²) in [6, 6.07) is 18.0. The second-order valence-corrected chi connectivity index (χ2v) is 7.40. The number of aromatic nitrogens is 2. The highest BCUT2D eigenvalue weighted by Gasteiger charge is 2.32. The van der Waals surface area contributed by atoms with E-state index in [4.69, 9.17) is 4.98 Å². The molecule has 1 aliphatic carbocycles. The Morgan fingerprint density at radius 2 is 1.75 bits per heavy atom.